The highest BCUT2D eigenvalue weighted by atomic mass is 32.2. The van der Waals surface area contributed by atoms with Crippen LogP contribution < -0.4 is 4.90 Å². The molecule has 0 saturated heterocycles. The number of hydrogen-bond donors (Lipinski definition) is 0. The Morgan fingerprint density at radius 1 is 0.830 bits per heavy atom. The molecule has 0 N–H and O–H groups in total. The summed E-state index contributed by atoms with van der Waals surface area (Å²) in [5, 5.41) is -0.0259. The van der Waals surface area contributed by atoms with Crippen LogP contribution in [0.3, 0.4) is 0 Å². The third-order valence-electron chi connectivity index (χ3n) is 8.04. The van der Waals surface area contributed by atoms with Gasteiger partial charge in [-0.2, -0.15) is 0 Å². The van der Waals surface area contributed by atoms with Crippen molar-refractivity contribution in [1.82, 2.24) is 4.98 Å². The maximum Gasteiger partial charge on any atom is 0.264 e. The van der Waals surface area contributed by atoms with Crippen LogP contribution in [-0.4, -0.2) is 40.2 Å². The van der Waals surface area contributed by atoms with E-state index in [9.17, 15) is 34.8 Å². The second-order valence-corrected chi connectivity index (χ2v) is 15.6. The highest BCUT2D eigenvalue weighted by molar-refractivity contribution is 7.91. The fraction of sp³-hybridized carbons (Fsp3) is 0.200. The lowest BCUT2D eigenvalue weighted by Crippen LogP contribution is -2.35. The number of nitrogens with zero attached hydrogens (tertiary/aromatic N) is 2. The van der Waals surface area contributed by atoms with Gasteiger partial charge in [-0.15, -0.1) is 0 Å². The number of anilines is 1. The summed E-state index contributed by atoms with van der Waals surface area (Å²) in [6.07, 6.45) is 4.19. The summed E-state index contributed by atoms with van der Waals surface area (Å²) in [6, 6.07) is 19.4. The van der Waals surface area contributed by atoms with Gasteiger partial charge in [0.15, 0.2) is 19.7 Å². The van der Waals surface area contributed by atoms with Gasteiger partial charge >= 0.3 is 0 Å². The maximum atomic E-state index is 14.9. The topological polar surface area (TPSA) is 101 Å². The first kappa shape index (κ1) is 33.8. The van der Waals surface area contributed by atoms with E-state index in [1.165, 1.54) is 30.5 Å². The molecule has 2 unspecified atom stereocenters. The molecule has 1 heterocycles. The van der Waals surface area contributed by atoms with Crippen molar-refractivity contribution in [2.45, 2.75) is 36.5 Å². The lowest BCUT2D eigenvalue weighted by molar-refractivity contribution is 0.0969. The highest BCUT2D eigenvalue weighted by Crippen LogP contribution is 2.37. The van der Waals surface area contributed by atoms with Crippen LogP contribution in [0.4, 0.5) is 18.9 Å². The summed E-state index contributed by atoms with van der Waals surface area (Å²) < 4.78 is 93.1. The van der Waals surface area contributed by atoms with Crippen molar-refractivity contribution in [3.05, 3.63) is 125 Å². The number of carbonyl (C=O) groups excluding carboxylic acids is 1. The molecule has 1 aromatic heterocycles. The second-order valence-electron chi connectivity index (χ2n) is 11.4. The van der Waals surface area contributed by atoms with Crippen molar-refractivity contribution < 1.29 is 34.8 Å². The fourth-order valence-electron chi connectivity index (χ4n) is 5.76. The predicted octanol–water partition coefficient (Wildman–Crippen LogP) is 7.63. The molecule has 0 aliphatic carbocycles. The van der Waals surface area contributed by atoms with Gasteiger partial charge in [0, 0.05) is 47.5 Å². The molecule has 4 aromatic carbocycles. The number of aromatic nitrogens is 1. The number of amides is 1. The van der Waals surface area contributed by atoms with Gasteiger partial charge in [-0.3, -0.25) is 9.78 Å². The average molecular weight is 681 g/mol. The maximum absolute atomic E-state index is 14.9. The summed E-state index contributed by atoms with van der Waals surface area (Å²) in [6.45, 7) is 3.42. The number of sulfone groups is 2. The number of rotatable bonds is 9. The van der Waals surface area contributed by atoms with Gasteiger partial charge < -0.3 is 4.90 Å². The summed E-state index contributed by atoms with van der Waals surface area (Å²) in [5.74, 6) is -5.09. The van der Waals surface area contributed by atoms with E-state index in [-0.39, 0.29) is 10.6 Å². The monoisotopic (exact) mass is 680 g/mol. The number of fused-ring (bicyclic) bond motifs is 1. The Labute approximate surface area is 271 Å². The SMILES string of the molecule is CCC(c1cc(-c2cccc(C(C)N(C(=O)c3c(F)cc(F)cc3F)c3ccc(S(C)(=O)=O)cc3)c2)c2ncccc2c1)S(C)(=O)=O. The molecule has 0 bridgehead atoms. The molecular formula is C35H31F3N2O5S2. The first-order chi connectivity index (χ1) is 22.1. The first-order valence-corrected chi connectivity index (χ1v) is 18.4. The van der Waals surface area contributed by atoms with E-state index < -0.39 is 59.9 Å². The number of carbonyl (C=O) groups is 1. The zero-order chi connectivity index (χ0) is 34.3. The van der Waals surface area contributed by atoms with Gasteiger partial charge in [0.05, 0.1) is 21.7 Å². The molecule has 0 fully saturated rings. The summed E-state index contributed by atoms with van der Waals surface area (Å²) in [4.78, 5) is 19.5. The Morgan fingerprint density at radius 2 is 1.49 bits per heavy atom. The number of halogens is 3. The molecular weight excluding hydrogens is 650 g/mol. The largest absolute Gasteiger partial charge is 0.301 e. The number of pyridine rings is 1. The molecule has 7 nitrogen and oxygen atoms in total. The van der Waals surface area contributed by atoms with E-state index in [2.05, 4.69) is 4.98 Å². The molecule has 0 saturated carbocycles. The zero-order valence-corrected chi connectivity index (χ0v) is 27.5. The van der Waals surface area contributed by atoms with Gasteiger partial charge in [0.1, 0.15) is 23.0 Å². The van der Waals surface area contributed by atoms with Crippen LogP contribution in [0.15, 0.2) is 96.0 Å². The third-order valence-corrected chi connectivity index (χ3v) is 10.8. The molecule has 0 aliphatic rings. The molecule has 0 radical (unpaired) electrons. The average Bonchev–Trinajstić information content (AvgIpc) is 3.00. The molecule has 12 heteroatoms. The van der Waals surface area contributed by atoms with Crippen LogP contribution in [-0.2, 0) is 19.7 Å². The van der Waals surface area contributed by atoms with Crippen LogP contribution in [0.2, 0.25) is 0 Å². The van der Waals surface area contributed by atoms with E-state index in [1.54, 1.807) is 62.5 Å². The molecule has 0 spiro atoms. The van der Waals surface area contributed by atoms with Crippen molar-refractivity contribution >= 4 is 42.2 Å². The minimum atomic E-state index is -3.59. The van der Waals surface area contributed by atoms with Gasteiger partial charge in [-0.1, -0.05) is 31.2 Å². The summed E-state index contributed by atoms with van der Waals surface area (Å²) in [5.41, 5.74) is 2.17. The lowest BCUT2D eigenvalue weighted by Gasteiger charge is -2.30. The smallest absolute Gasteiger partial charge is 0.264 e. The molecule has 0 aliphatic heterocycles. The molecule has 244 valence electrons. The van der Waals surface area contributed by atoms with Crippen molar-refractivity contribution in [2.24, 2.45) is 0 Å². The quantitative estimate of drug-likeness (QED) is 0.159. The Bertz CT molecular complexity index is 2200. The number of benzene rings is 4. The standard InChI is InChI=1S/C35H31F3N2O5S2/c1-5-32(47(4,44)45)25-17-24-10-7-15-39-34(24)29(18-25)23-9-6-8-22(16-23)21(2)40(27-11-13-28(14-12-27)46(3,42)43)35(41)33-30(37)19-26(36)20-31(33)38/h6-21,32H,5H2,1-4H3. The molecule has 1 amide bonds. The Balaban J connectivity index is 1.67. The molecule has 2 atom stereocenters. The van der Waals surface area contributed by atoms with E-state index in [0.717, 1.165) is 16.5 Å². The number of hydrogen-bond acceptors (Lipinski definition) is 6. The van der Waals surface area contributed by atoms with E-state index in [1.807, 2.05) is 6.07 Å². The van der Waals surface area contributed by atoms with Crippen LogP contribution in [0, 0.1) is 17.5 Å². The zero-order valence-electron chi connectivity index (χ0n) is 25.9. The molecule has 47 heavy (non-hydrogen) atoms. The minimum Gasteiger partial charge on any atom is -0.301 e. The third kappa shape index (κ3) is 6.93. The van der Waals surface area contributed by atoms with Gasteiger partial charge in [-0.05, 0) is 78.6 Å². The van der Waals surface area contributed by atoms with Crippen LogP contribution >= 0.6 is 0 Å². The van der Waals surface area contributed by atoms with Crippen molar-refractivity contribution in [3.63, 3.8) is 0 Å². The molecule has 5 rings (SSSR count). The summed E-state index contributed by atoms with van der Waals surface area (Å²) in [7, 11) is -7.04. The van der Waals surface area contributed by atoms with E-state index in [0.29, 0.717) is 46.3 Å². The molecule has 5 aromatic rings. The Hall–Kier alpha value is -4.55. The van der Waals surface area contributed by atoms with E-state index in [4.69, 9.17) is 0 Å². The van der Waals surface area contributed by atoms with Crippen LogP contribution in [0.1, 0.15) is 53.0 Å². The minimum absolute atomic E-state index is 0.0267. The van der Waals surface area contributed by atoms with Crippen LogP contribution in [0.25, 0.3) is 22.0 Å². The van der Waals surface area contributed by atoms with Gasteiger partial charge in [0.25, 0.3) is 5.91 Å². The van der Waals surface area contributed by atoms with Crippen molar-refractivity contribution in [3.8, 4) is 11.1 Å². The van der Waals surface area contributed by atoms with Crippen molar-refractivity contribution in [2.75, 3.05) is 17.4 Å². The van der Waals surface area contributed by atoms with Gasteiger partial charge in [-0.25, -0.2) is 30.0 Å². The Kier molecular flexibility index (Phi) is 9.29. The Morgan fingerprint density at radius 3 is 2.09 bits per heavy atom. The van der Waals surface area contributed by atoms with E-state index >= 15 is 0 Å². The van der Waals surface area contributed by atoms with Crippen molar-refractivity contribution in [1.29, 1.82) is 0 Å². The fourth-order valence-corrected chi connectivity index (χ4v) is 7.63. The van der Waals surface area contributed by atoms with Crippen LogP contribution in [0.5, 0.6) is 0 Å². The predicted molar refractivity (Wildman–Crippen MR) is 176 cm³/mol. The van der Waals surface area contributed by atoms with Gasteiger partial charge in [0.2, 0.25) is 0 Å². The first-order valence-electron chi connectivity index (χ1n) is 14.6. The second kappa shape index (κ2) is 12.9. The lowest BCUT2D eigenvalue weighted by atomic mass is 9.94. The normalized spacial score (nSPS) is 13.3. The highest BCUT2D eigenvalue weighted by Gasteiger charge is 2.30. The summed E-state index contributed by atoms with van der Waals surface area (Å²) >= 11 is 0.